The summed E-state index contributed by atoms with van der Waals surface area (Å²) in [6.07, 6.45) is 2.60. The zero-order valence-electron chi connectivity index (χ0n) is 13.5. The third-order valence-corrected chi connectivity index (χ3v) is 4.48. The van der Waals surface area contributed by atoms with Crippen LogP contribution in [0.5, 0.6) is 5.75 Å². The van der Waals surface area contributed by atoms with Crippen molar-refractivity contribution in [1.82, 2.24) is 10.2 Å². The molecule has 22 heavy (non-hydrogen) atoms. The van der Waals surface area contributed by atoms with Crippen LogP contribution in [0.4, 0.5) is 5.69 Å². The Kier molecular flexibility index (Phi) is 4.52. The molecule has 0 atom stereocenters. The van der Waals surface area contributed by atoms with Gasteiger partial charge in [0.1, 0.15) is 5.75 Å². The van der Waals surface area contributed by atoms with Gasteiger partial charge in [-0.15, -0.1) is 0 Å². The fraction of sp³-hybridized carbons (Fsp3) is 0.588. The molecule has 2 aliphatic rings. The normalized spacial score (nSPS) is 18.5. The quantitative estimate of drug-likeness (QED) is 0.898. The Morgan fingerprint density at radius 1 is 1.27 bits per heavy atom. The number of carbonyl (C=O) groups is 1. The van der Waals surface area contributed by atoms with E-state index in [0.717, 1.165) is 44.2 Å². The summed E-state index contributed by atoms with van der Waals surface area (Å²) in [7, 11) is 1.72. The number of ether oxygens (including phenoxy) is 1. The van der Waals surface area contributed by atoms with Crippen LogP contribution in [0.3, 0.4) is 0 Å². The van der Waals surface area contributed by atoms with E-state index in [1.165, 1.54) is 18.4 Å². The van der Waals surface area contributed by atoms with Gasteiger partial charge in [-0.3, -0.25) is 4.79 Å². The summed E-state index contributed by atoms with van der Waals surface area (Å²) in [5.74, 6) is 1.08. The third-order valence-electron chi connectivity index (χ3n) is 4.48. The molecule has 120 valence electrons. The highest BCUT2D eigenvalue weighted by atomic mass is 16.5. The van der Waals surface area contributed by atoms with Crippen LogP contribution in [-0.4, -0.2) is 50.1 Å². The molecule has 0 bridgehead atoms. The summed E-state index contributed by atoms with van der Waals surface area (Å²) in [4.78, 5) is 15.6. The van der Waals surface area contributed by atoms with Gasteiger partial charge in [0.05, 0.1) is 12.8 Å². The van der Waals surface area contributed by atoms with Gasteiger partial charge in [-0.05, 0) is 30.5 Å². The molecule has 1 saturated heterocycles. The Balaban J connectivity index is 1.66. The van der Waals surface area contributed by atoms with E-state index in [2.05, 4.69) is 28.4 Å². The molecule has 1 amide bonds. The van der Waals surface area contributed by atoms with Crippen LogP contribution in [0.25, 0.3) is 0 Å². The molecule has 1 aliphatic carbocycles. The van der Waals surface area contributed by atoms with Crippen LogP contribution >= 0.6 is 0 Å². The minimum atomic E-state index is 0.160. The zero-order valence-corrected chi connectivity index (χ0v) is 13.5. The number of methoxy groups -OCH3 is 1. The molecule has 5 nitrogen and oxygen atoms in total. The van der Waals surface area contributed by atoms with Crippen molar-refractivity contribution in [2.24, 2.45) is 0 Å². The molecule has 1 heterocycles. The maximum Gasteiger partial charge on any atom is 0.219 e. The van der Waals surface area contributed by atoms with Crippen molar-refractivity contribution in [1.29, 1.82) is 0 Å². The van der Waals surface area contributed by atoms with E-state index in [-0.39, 0.29) is 5.91 Å². The summed E-state index contributed by atoms with van der Waals surface area (Å²) in [6.45, 7) is 5.81. The number of nitrogens with zero attached hydrogens (tertiary/aromatic N) is 2. The Hall–Kier alpha value is -1.75. The molecular weight excluding hydrogens is 278 g/mol. The minimum absolute atomic E-state index is 0.160. The van der Waals surface area contributed by atoms with Gasteiger partial charge < -0.3 is 19.9 Å². The average molecular weight is 303 g/mol. The van der Waals surface area contributed by atoms with Crippen molar-refractivity contribution < 1.29 is 9.53 Å². The molecule has 1 aliphatic heterocycles. The van der Waals surface area contributed by atoms with Gasteiger partial charge in [-0.2, -0.15) is 0 Å². The average Bonchev–Trinajstić information content (AvgIpc) is 3.37. The van der Waals surface area contributed by atoms with Crippen molar-refractivity contribution in [2.75, 3.05) is 38.2 Å². The Bertz CT molecular complexity index is 535. The molecule has 0 aromatic heterocycles. The number of benzene rings is 1. The van der Waals surface area contributed by atoms with E-state index in [1.807, 2.05) is 4.90 Å². The zero-order chi connectivity index (χ0) is 15.5. The molecule has 2 fully saturated rings. The van der Waals surface area contributed by atoms with Gasteiger partial charge >= 0.3 is 0 Å². The number of piperazine rings is 1. The number of hydrogen-bond acceptors (Lipinski definition) is 4. The van der Waals surface area contributed by atoms with Crippen molar-refractivity contribution in [3.63, 3.8) is 0 Å². The van der Waals surface area contributed by atoms with Gasteiger partial charge in [0, 0.05) is 45.7 Å². The predicted molar refractivity (Wildman–Crippen MR) is 87.3 cm³/mol. The number of rotatable bonds is 5. The number of nitrogens with one attached hydrogen (secondary N) is 1. The summed E-state index contributed by atoms with van der Waals surface area (Å²) in [5.41, 5.74) is 2.38. The molecule has 0 spiro atoms. The molecule has 5 heteroatoms. The SMILES string of the molecule is COc1cc(CNC2CC2)ccc1N1CCN(C(C)=O)CC1. The summed E-state index contributed by atoms with van der Waals surface area (Å²) in [5, 5.41) is 3.53. The molecule has 0 unspecified atom stereocenters. The second kappa shape index (κ2) is 6.57. The van der Waals surface area contributed by atoms with E-state index >= 15 is 0 Å². The highest BCUT2D eigenvalue weighted by molar-refractivity contribution is 5.73. The van der Waals surface area contributed by atoms with Crippen molar-refractivity contribution in [3.05, 3.63) is 23.8 Å². The highest BCUT2D eigenvalue weighted by Gasteiger charge is 2.22. The second-order valence-corrected chi connectivity index (χ2v) is 6.15. The monoisotopic (exact) mass is 303 g/mol. The van der Waals surface area contributed by atoms with Crippen LogP contribution in [0.1, 0.15) is 25.3 Å². The number of anilines is 1. The highest BCUT2D eigenvalue weighted by Crippen LogP contribution is 2.30. The smallest absolute Gasteiger partial charge is 0.219 e. The first-order valence-corrected chi connectivity index (χ1v) is 8.08. The standard InChI is InChI=1S/C17H25N3O2/c1-13(21)19-7-9-20(10-8-19)16-6-3-14(11-17(16)22-2)12-18-15-4-5-15/h3,6,11,15,18H,4-5,7-10,12H2,1-2H3. The molecule has 1 N–H and O–H groups in total. The lowest BCUT2D eigenvalue weighted by atomic mass is 10.1. The van der Waals surface area contributed by atoms with E-state index in [1.54, 1.807) is 14.0 Å². The van der Waals surface area contributed by atoms with Crippen LogP contribution in [0.2, 0.25) is 0 Å². The van der Waals surface area contributed by atoms with E-state index in [9.17, 15) is 4.79 Å². The molecule has 1 aromatic carbocycles. The van der Waals surface area contributed by atoms with Crippen molar-refractivity contribution in [2.45, 2.75) is 32.4 Å². The molecular formula is C17H25N3O2. The first kappa shape index (κ1) is 15.2. The summed E-state index contributed by atoms with van der Waals surface area (Å²) in [6, 6.07) is 7.16. The Morgan fingerprint density at radius 2 is 2.00 bits per heavy atom. The largest absolute Gasteiger partial charge is 0.495 e. The van der Waals surface area contributed by atoms with Crippen LogP contribution in [0, 0.1) is 0 Å². The van der Waals surface area contributed by atoms with Gasteiger partial charge in [-0.25, -0.2) is 0 Å². The van der Waals surface area contributed by atoms with Gasteiger partial charge in [0.15, 0.2) is 0 Å². The molecule has 1 aromatic rings. The molecule has 3 rings (SSSR count). The van der Waals surface area contributed by atoms with E-state index < -0.39 is 0 Å². The topological polar surface area (TPSA) is 44.8 Å². The van der Waals surface area contributed by atoms with E-state index in [4.69, 9.17) is 4.74 Å². The number of carbonyl (C=O) groups excluding carboxylic acids is 1. The second-order valence-electron chi connectivity index (χ2n) is 6.15. The fourth-order valence-corrected chi connectivity index (χ4v) is 2.91. The van der Waals surface area contributed by atoms with Gasteiger partial charge in [-0.1, -0.05) is 6.07 Å². The van der Waals surface area contributed by atoms with Crippen LogP contribution in [0.15, 0.2) is 18.2 Å². The van der Waals surface area contributed by atoms with Crippen molar-refractivity contribution in [3.8, 4) is 5.75 Å². The summed E-state index contributed by atoms with van der Waals surface area (Å²) >= 11 is 0. The first-order chi connectivity index (χ1) is 10.7. The lowest BCUT2D eigenvalue weighted by Gasteiger charge is -2.36. The van der Waals surface area contributed by atoms with Crippen LogP contribution < -0.4 is 15.0 Å². The third kappa shape index (κ3) is 3.53. The fourth-order valence-electron chi connectivity index (χ4n) is 2.91. The van der Waals surface area contributed by atoms with Gasteiger partial charge in [0.2, 0.25) is 5.91 Å². The molecule has 0 radical (unpaired) electrons. The minimum Gasteiger partial charge on any atom is -0.495 e. The Morgan fingerprint density at radius 3 is 2.59 bits per heavy atom. The summed E-state index contributed by atoms with van der Waals surface area (Å²) < 4.78 is 5.59. The maximum absolute atomic E-state index is 11.4. The van der Waals surface area contributed by atoms with Gasteiger partial charge in [0.25, 0.3) is 0 Å². The first-order valence-electron chi connectivity index (χ1n) is 8.08. The van der Waals surface area contributed by atoms with Crippen LogP contribution in [-0.2, 0) is 11.3 Å². The molecule has 1 saturated carbocycles. The Labute approximate surface area is 132 Å². The van der Waals surface area contributed by atoms with Crippen molar-refractivity contribution >= 4 is 11.6 Å². The predicted octanol–water partition coefficient (Wildman–Crippen LogP) is 1.62. The lowest BCUT2D eigenvalue weighted by molar-refractivity contribution is -0.129. The lowest BCUT2D eigenvalue weighted by Crippen LogP contribution is -2.48. The van der Waals surface area contributed by atoms with E-state index in [0.29, 0.717) is 6.04 Å². The number of amides is 1. The maximum atomic E-state index is 11.4. The number of hydrogen-bond donors (Lipinski definition) is 1.